The first-order chi connectivity index (χ1) is 11.7. The first-order valence-electron chi connectivity index (χ1n) is 8.14. The number of furan rings is 1. The lowest BCUT2D eigenvalue weighted by molar-refractivity contribution is -0.116. The fraction of sp³-hybridized carbons (Fsp3) is 0.316. The third-order valence-electron chi connectivity index (χ3n) is 4.12. The van der Waals surface area contributed by atoms with Crippen LogP contribution in [-0.2, 0) is 16.1 Å². The molecule has 24 heavy (non-hydrogen) atoms. The van der Waals surface area contributed by atoms with Crippen LogP contribution in [-0.4, -0.2) is 32.2 Å². The summed E-state index contributed by atoms with van der Waals surface area (Å²) in [6.45, 7) is 5.75. The van der Waals surface area contributed by atoms with Crippen molar-refractivity contribution in [3.8, 4) is 0 Å². The van der Waals surface area contributed by atoms with Crippen LogP contribution in [0.1, 0.15) is 16.9 Å². The maximum Gasteiger partial charge on any atom is 0.244 e. The van der Waals surface area contributed by atoms with Gasteiger partial charge in [-0.15, -0.1) is 0 Å². The summed E-state index contributed by atoms with van der Waals surface area (Å²) < 4.78 is 10.6. The highest BCUT2D eigenvalue weighted by atomic mass is 16.5. The lowest BCUT2D eigenvalue weighted by Crippen LogP contribution is -2.36. The molecule has 0 bridgehead atoms. The third kappa shape index (κ3) is 4.26. The SMILES string of the molecule is Cc1occc1CNC(=O)/C=C/c1ccc(N2CCOCC2)cc1. The molecule has 1 aliphatic heterocycles. The lowest BCUT2D eigenvalue weighted by Gasteiger charge is -2.28. The second-order valence-corrected chi connectivity index (χ2v) is 5.74. The Balaban J connectivity index is 1.52. The Morgan fingerprint density at radius 2 is 1.96 bits per heavy atom. The number of hydrogen-bond acceptors (Lipinski definition) is 4. The first-order valence-corrected chi connectivity index (χ1v) is 8.14. The van der Waals surface area contributed by atoms with Crippen LogP contribution < -0.4 is 10.2 Å². The zero-order chi connectivity index (χ0) is 16.8. The van der Waals surface area contributed by atoms with Crippen LogP contribution in [0.5, 0.6) is 0 Å². The molecular weight excluding hydrogens is 304 g/mol. The summed E-state index contributed by atoms with van der Waals surface area (Å²) in [6.07, 6.45) is 5.00. The van der Waals surface area contributed by atoms with E-state index < -0.39 is 0 Å². The smallest absolute Gasteiger partial charge is 0.244 e. The van der Waals surface area contributed by atoms with Gasteiger partial charge in [-0.1, -0.05) is 12.1 Å². The molecule has 0 atom stereocenters. The van der Waals surface area contributed by atoms with E-state index in [1.807, 2.05) is 31.2 Å². The van der Waals surface area contributed by atoms with E-state index in [1.54, 1.807) is 12.3 Å². The summed E-state index contributed by atoms with van der Waals surface area (Å²) in [4.78, 5) is 14.2. The number of hydrogen-bond donors (Lipinski definition) is 1. The fourth-order valence-corrected chi connectivity index (χ4v) is 2.63. The predicted molar refractivity (Wildman–Crippen MR) is 93.8 cm³/mol. The van der Waals surface area contributed by atoms with Gasteiger partial charge in [0.1, 0.15) is 5.76 Å². The van der Waals surface area contributed by atoms with Gasteiger partial charge in [-0.05, 0) is 36.8 Å². The number of carbonyl (C=O) groups excluding carboxylic acids is 1. The predicted octanol–water partition coefficient (Wildman–Crippen LogP) is 2.75. The summed E-state index contributed by atoms with van der Waals surface area (Å²) in [5, 5.41) is 2.85. The van der Waals surface area contributed by atoms with Crippen molar-refractivity contribution in [2.24, 2.45) is 0 Å². The van der Waals surface area contributed by atoms with Crippen LogP contribution in [0.25, 0.3) is 6.08 Å². The number of nitrogens with one attached hydrogen (secondary N) is 1. The monoisotopic (exact) mass is 326 g/mol. The number of amides is 1. The summed E-state index contributed by atoms with van der Waals surface area (Å²) in [6, 6.07) is 10.1. The van der Waals surface area contributed by atoms with Gasteiger partial charge in [-0.25, -0.2) is 0 Å². The van der Waals surface area contributed by atoms with Gasteiger partial charge >= 0.3 is 0 Å². The average molecular weight is 326 g/mol. The number of anilines is 1. The van der Waals surface area contributed by atoms with E-state index in [9.17, 15) is 4.79 Å². The molecule has 126 valence electrons. The normalized spacial score (nSPS) is 15.0. The molecule has 1 N–H and O–H groups in total. The zero-order valence-electron chi connectivity index (χ0n) is 13.8. The van der Waals surface area contributed by atoms with Crippen molar-refractivity contribution in [2.75, 3.05) is 31.2 Å². The van der Waals surface area contributed by atoms with Gasteiger partial charge in [0.2, 0.25) is 5.91 Å². The fourth-order valence-electron chi connectivity index (χ4n) is 2.63. The molecule has 3 rings (SSSR count). The largest absolute Gasteiger partial charge is 0.469 e. The molecular formula is C19H22N2O3. The molecule has 5 nitrogen and oxygen atoms in total. The van der Waals surface area contributed by atoms with E-state index in [2.05, 4.69) is 22.3 Å². The highest BCUT2D eigenvalue weighted by Crippen LogP contribution is 2.17. The summed E-state index contributed by atoms with van der Waals surface area (Å²) in [7, 11) is 0. The molecule has 1 aromatic heterocycles. The molecule has 0 unspecified atom stereocenters. The molecule has 2 aromatic rings. The number of ether oxygens (including phenoxy) is 1. The molecule has 0 radical (unpaired) electrons. The minimum Gasteiger partial charge on any atom is -0.469 e. The van der Waals surface area contributed by atoms with Crippen molar-refractivity contribution in [1.82, 2.24) is 5.32 Å². The van der Waals surface area contributed by atoms with Gasteiger partial charge < -0.3 is 19.4 Å². The molecule has 1 amide bonds. The van der Waals surface area contributed by atoms with E-state index in [1.165, 1.54) is 5.69 Å². The standard InChI is InChI=1S/C19H22N2O3/c1-15-17(8-11-24-15)14-20-19(22)7-4-16-2-5-18(6-3-16)21-9-12-23-13-10-21/h2-8,11H,9-10,12-14H2,1H3,(H,20,22)/b7-4+. The van der Waals surface area contributed by atoms with Gasteiger partial charge in [0, 0.05) is 37.0 Å². The summed E-state index contributed by atoms with van der Waals surface area (Å²) >= 11 is 0. The van der Waals surface area contributed by atoms with Gasteiger partial charge in [-0.3, -0.25) is 4.79 Å². The molecule has 1 aromatic carbocycles. The van der Waals surface area contributed by atoms with Gasteiger partial charge in [0.25, 0.3) is 0 Å². The maximum absolute atomic E-state index is 11.9. The van der Waals surface area contributed by atoms with E-state index in [-0.39, 0.29) is 5.91 Å². The first kappa shape index (κ1) is 16.3. The summed E-state index contributed by atoms with van der Waals surface area (Å²) in [5.74, 6) is 0.714. The minimum absolute atomic E-state index is 0.118. The number of aryl methyl sites for hydroxylation is 1. The maximum atomic E-state index is 11.9. The van der Waals surface area contributed by atoms with E-state index in [0.29, 0.717) is 6.54 Å². The Labute approximate surface area is 141 Å². The van der Waals surface area contributed by atoms with Crippen molar-refractivity contribution in [3.63, 3.8) is 0 Å². The Kier molecular flexibility index (Phi) is 5.33. The highest BCUT2D eigenvalue weighted by Gasteiger charge is 2.10. The third-order valence-corrected chi connectivity index (χ3v) is 4.12. The van der Waals surface area contributed by atoms with Crippen LogP contribution >= 0.6 is 0 Å². The zero-order valence-corrected chi connectivity index (χ0v) is 13.8. The van der Waals surface area contributed by atoms with Crippen molar-refractivity contribution in [2.45, 2.75) is 13.5 Å². The molecule has 0 aliphatic carbocycles. The molecule has 2 heterocycles. The molecule has 1 saturated heterocycles. The second-order valence-electron chi connectivity index (χ2n) is 5.74. The quantitative estimate of drug-likeness (QED) is 0.859. The highest BCUT2D eigenvalue weighted by molar-refractivity contribution is 5.91. The average Bonchev–Trinajstić information content (AvgIpc) is 3.04. The van der Waals surface area contributed by atoms with Gasteiger partial charge in [0.15, 0.2) is 0 Å². The minimum atomic E-state index is -0.118. The number of morpholine rings is 1. The topological polar surface area (TPSA) is 54.7 Å². The lowest BCUT2D eigenvalue weighted by atomic mass is 10.1. The van der Waals surface area contributed by atoms with Gasteiger partial charge in [-0.2, -0.15) is 0 Å². The molecule has 1 aliphatic rings. The van der Waals surface area contributed by atoms with Gasteiger partial charge in [0.05, 0.1) is 19.5 Å². The van der Waals surface area contributed by atoms with E-state index >= 15 is 0 Å². The second kappa shape index (κ2) is 7.84. The molecule has 5 heteroatoms. The van der Waals surface area contributed by atoms with E-state index in [4.69, 9.17) is 9.15 Å². The van der Waals surface area contributed by atoms with Crippen LogP contribution in [0.15, 0.2) is 47.1 Å². The Morgan fingerprint density at radius 3 is 2.62 bits per heavy atom. The number of carbonyl (C=O) groups is 1. The number of rotatable bonds is 5. The van der Waals surface area contributed by atoms with Crippen LogP contribution in [0.2, 0.25) is 0 Å². The van der Waals surface area contributed by atoms with Crippen molar-refractivity contribution >= 4 is 17.7 Å². The van der Waals surface area contributed by atoms with Crippen molar-refractivity contribution in [1.29, 1.82) is 0 Å². The van der Waals surface area contributed by atoms with Crippen molar-refractivity contribution < 1.29 is 13.9 Å². The molecule has 0 saturated carbocycles. The van der Waals surface area contributed by atoms with Crippen LogP contribution in [0.3, 0.4) is 0 Å². The Bertz CT molecular complexity index is 698. The molecule has 0 spiro atoms. The Hall–Kier alpha value is -2.53. The Morgan fingerprint density at radius 1 is 1.21 bits per heavy atom. The number of benzene rings is 1. The van der Waals surface area contributed by atoms with Crippen LogP contribution in [0, 0.1) is 6.92 Å². The van der Waals surface area contributed by atoms with E-state index in [0.717, 1.165) is 43.2 Å². The number of nitrogens with zero attached hydrogens (tertiary/aromatic N) is 1. The van der Waals surface area contributed by atoms with Crippen molar-refractivity contribution in [3.05, 3.63) is 59.6 Å². The summed E-state index contributed by atoms with van der Waals surface area (Å²) in [5.41, 5.74) is 3.18. The van der Waals surface area contributed by atoms with Crippen LogP contribution in [0.4, 0.5) is 5.69 Å². The molecule has 1 fully saturated rings.